The van der Waals surface area contributed by atoms with Crippen molar-refractivity contribution in [2.45, 2.75) is 49.1 Å². The van der Waals surface area contributed by atoms with Crippen LogP contribution in [0.15, 0.2) is 42.5 Å². The zero-order valence-corrected chi connectivity index (χ0v) is 33.6. The maximum Gasteiger partial charge on any atom is 0.340 e. The van der Waals surface area contributed by atoms with Gasteiger partial charge in [0.25, 0.3) is 0 Å². The average molecular weight is 957 g/mol. The van der Waals surface area contributed by atoms with Crippen molar-refractivity contribution >= 4 is 41.8 Å². The van der Waals surface area contributed by atoms with Crippen LogP contribution in [0.2, 0.25) is 0 Å². The molecule has 1 fully saturated rings. The van der Waals surface area contributed by atoms with Gasteiger partial charge in [-0.3, -0.25) is 9.59 Å². The van der Waals surface area contributed by atoms with Gasteiger partial charge in [-0.15, -0.1) is 0 Å². The minimum atomic E-state index is -2.81. The fourth-order valence-corrected chi connectivity index (χ4v) is 7.37. The molecule has 3 aliphatic heterocycles. The predicted molar refractivity (Wildman–Crippen MR) is 207 cm³/mol. The number of phenolic OH excluding ortho intramolecular Hbond substituents is 11. The summed E-state index contributed by atoms with van der Waals surface area (Å²) in [5.74, 6) is -29.5. The van der Waals surface area contributed by atoms with E-state index in [2.05, 4.69) is 0 Å². The van der Waals surface area contributed by atoms with Gasteiger partial charge in [-0.1, -0.05) is 0 Å². The first kappa shape index (κ1) is 46.9. The molecule has 358 valence electrons. The standard InChI is InChI=1S/C41H32O27/c42-15-1-10(2-16(43)26(15)51)35(56)62-9-22-31-33(66-36(57)11-3-17(44)27(52)18(45)4-11)34(41(63-22)68-37(58)12-5-19(46)28(53)20(47)6-12)67-38(59)13-7-21(48)29(54)32-25(13)24(30(55)40(61)64-31)14(8-23(49)50)39(60)65-32/h1-7,14,22,24,30-31,33-34,41-48,51-55H,8-9H2,(H,49,50)/t14-,22?,24-,30+,31-,33+,34?,41?/m0/s1. The highest BCUT2D eigenvalue weighted by Crippen LogP contribution is 2.52. The van der Waals surface area contributed by atoms with E-state index in [0.29, 0.717) is 42.5 Å². The molecule has 2 bridgehead atoms. The van der Waals surface area contributed by atoms with Crippen LogP contribution in [0.3, 0.4) is 0 Å². The maximum atomic E-state index is 14.5. The number of carboxylic acids is 1. The first-order valence-corrected chi connectivity index (χ1v) is 19.1. The van der Waals surface area contributed by atoms with E-state index in [1.807, 2.05) is 0 Å². The Bertz CT molecular complexity index is 2750. The summed E-state index contributed by atoms with van der Waals surface area (Å²) >= 11 is 0. The predicted octanol–water partition coefficient (Wildman–Crippen LogP) is 0.0179. The molecule has 0 radical (unpaired) electrons. The molecule has 1 saturated heterocycles. The second kappa shape index (κ2) is 17.7. The average Bonchev–Trinajstić information content (AvgIpc) is 3.28. The highest BCUT2D eigenvalue weighted by Gasteiger charge is 2.57. The summed E-state index contributed by atoms with van der Waals surface area (Å²) in [5.41, 5.74) is -4.14. The monoisotopic (exact) mass is 956 g/mol. The number of hydrogen-bond acceptors (Lipinski definition) is 26. The molecule has 27 nitrogen and oxygen atoms in total. The zero-order valence-electron chi connectivity index (χ0n) is 33.6. The number of esters is 6. The van der Waals surface area contributed by atoms with Crippen LogP contribution in [-0.4, -0.2) is 152 Å². The number of hydrogen-bond donors (Lipinski definition) is 13. The molecule has 3 unspecified atom stereocenters. The molecule has 7 rings (SSSR count). The van der Waals surface area contributed by atoms with Crippen molar-refractivity contribution in [1.82, 2.24) is 0 Å². The second-order valence-electron chi connectivity index (χ2n) is 14.9. The van der Waals surface area contributed by atoms with Gasteiger partial charge in [0.15, 0.2) is 81.6 Å². The number of phenols is 11. The maximum absolute atomic E-state index is 14.5. The minimum absolute atomic E-state index is 0.449. The van der Waals surface area contributed by atoms with E-state index in [-0.39, 0.29) is 0 Å². The van der Waals surface area contributed by atoms with Crippen molar-refractivity contribution in [1.29, 1.82) is 0 Å². The Morgan fingerprint density at radius 3 is 1.54 bits per heavy atom. The van der Waals surface area contributed by atoms with Crippen molar-refractivity contribution in [2.75, 3.05) is 6.61 Å². The van der Waals surface area contributed by atoms with Crippen molar-refractivity contribution < 1.29 is 133 Å². The molecule has 0 aromatic heterocycles. The van der Waals surface area contributed by atoms with E-state index in [4.69, 9.17) is 33.2 Å². The van der Waals surface area contributed by atoms with Crippen LogP contribution in [0.25, 0.3) is 0 Å². The fourth-order valence-electron chi connectivity index (χ4n) is 7.37. The molecule has 68 heavy (non-hydrogen) atoms. The van der Waals surface area contributed by atoms with Gasteiger partial charge in [0.1, 0.15) is 12.7 Å². The third kappa shape index (κ3) is 8.58. The highest BCUT2D eigenvalue weighted by atomic mass is 16.7. The van der Waals surface area contributed by atoms with Gasteiger partial charge >= 0.3 is 41.8 Å². The number of fused-ring (bicyclic) bond motifs is 2. The second-order valence-corrected chi connectivity index (χ2v) is 14.9. The van der Waals surface area contributed by atoms with Crippen LogP contribution in [-0.2, 0) is 42.8 Å². The Morgan fingerprint density at radius 2 is 1.04 bits per heavy atom. The lowest BCUT2D eigenvalue weighted by Crippen LogP contribution is -2.63. The highest BCUT2D eigenvalue weighted by molar-refractivity contribution is 5.98. The number of benzene rings is 4. The van der Waals surface area contributed by atoms with Gasteiger partial charge in [0.05, 0.1) is 34.6 Å². The van der Waals surface area contributed by atoms with Crippen molar-refractivity contribution in [2.24, 2.45) is 5.92 Å². The lowest BCUT2D eigenvalue weighted by molar-refractivity contribution is -0.288. The van der Waals surface area contributed by atoms with E-state index in [9.17, 15) is 99.9 Å². The summed E-state index contributed by atoms with van der Waals surface area (Å²) in [6, 6.07) is 3.85. The number of carbonyl (C=O) groups is 7. The van der Waals surface area contributed by atoms with Crippen LogP contribution >= 0.6 is 0 Å². The topological polar surface area (TPSA) is 447 Å². The molecule has 3 heterocycles. The van der Waals surface area contributed by atoms with Gasteiger partial charge in [-0.25, -0.2) is 24.0 Å². The van der Waals surface area contributed by atoms with Crippen molar-refractivity contribution in [3.8, 4) is 69.0 Å². The Balaban J connectivity index is 1.42. The minimum Gasteiger partial charge on any atom is -0.504 e. The number of aliphatic hydroxyl groups excluding tert-OH is 1. The first-order valence-electron chi connectivity index (χ1n) is 19.1. The summed E-state index contributed by atoms with van der Waals surface area (Å²) < 4.78 is 38.5. The number of rotatable bonds is 9. The lowest BCUT2D eigenvalue weighted by Gasteiger charge is -2.44. The smallest absolute Gasteiger partial charge is 0.340 e. The van der Waals surface area contributed by atoms with E-state index < -0.39 is 200 Å². The van der Waals surface area contributed by atoms with E-state index in [1.165, 1.54) is 0 Å². The molecular formula is C41H32O27. The molecule has 0 aliphatic carbocycles. The van der Waals surface area contributed by atoms with Crippen molar-refractivity contribution in [3.05, 3.63) is 70.3 Å². The molecular weight excluding hydrogens is 924 g/mol. The number of aromatic hydroxyl groups is 11. The van der Waals surface area contributed by atoms with E-state index in [1.54, 1.807) is 0 Å². The van der Waals surface area contributed by atoms with Gasteiger partial charge in [0, 0.05) is 11.5 Å². The first-order chi connectivity index (χ1) is 32.0. The van der Waals surface area contributed by atoms with Gasteiger partial charge in [0.2, 0.25) is 18.1 Å². The summed E-state index contributed by atoms with van der Waals surface area (Å²) in [6.45, 7) is -1.27. The molecule has 13 N–H and O–H groups in total. The van der Waals surface area contributed by atoms with Gasteiger partial charge in [-0.2, -0.15) is 0 Å². The van der Waals surface area contributed by atoms with Crippen molar-refractivity contribution in [3.63, 3.8) is 0 Å². The molecule has 27 heteroatoms. The van der Waals surface area contributed by atoms with Crippen LogP contribution in [0.5, 0.6) is 69.0 Å². The zero-order chi connectivity index (χ0) is 49.8. The Morgan fingerprint density at radius 1 is 0.574 bits per heavy atom. The normalized spacial score (nSPS) is 23.0. The number of carbonyl (C=O) groups excluding carboxylic acids is 6. The fraction of sp³-hybridized carbons (Fsp3) is 0.244. The third-order valence-corrected chi connectivity index (χ3v) is 10.6. The number of aliphatic carboxylic acids is 1. The molecule has 8 atom stereocenters. The van der Waals surface area contributed by atoms with Crippen LogP contribution in [0.4, 0.5) is 0 Å². The summed E-state index contributed by atoms with van der Waals surface area (Å²) in [7, 11) is 0. The molecule has 4 aromatic rings. The lowest BCUT2D eigenvalue weighted by atomic mass is 9.76. The summed E-state index contributed by atoms with van der Waals surface area (Å²) in [4.78, 5) is 95.0. The Labute approximate surface area is 375 Å². The summed E-state index contributed by atoms with van der Waals surface area (Å²) in [5, 5.41) is 133. The number of carboxylic acid groups (broad SMARTS) is 1. The quantitative estimate of drug-likeness (QED) is 0.0455. The SMILES string of the molecule is O=C(O)C[C@@H]1C(=O)Oc2c(O)c(O)cc3c2[C@H]1[C@@H](O)C(=O)O[C@H]1C(COC(=O)c2cc(O)c(O)c(O)c2)OC(OC(=O)c2cc(O)c(O)c(O)c2)C(OC3=O)[C@@H]1OC(=O)c1cc(O)c(O)c(O)c1. The molecule has 0 amide bonds. The Kier molecular flexibility index (Phi) is 12.2. The molecule has 3 aliphatic rings. The number of ether oxygens (including phenoxy) is 7. The van der Waals surface area contributed by atoms with Crippen LogP contribution in [0, 0.1) is 5.92 Å². The van der Waals surface area contributed by atoms with E-state index >= 15 is 0 Å². The summed E-state index contributed by atoms with van der Waals surface area (Å²) in [6.07, 6.45) is -16.4. The molecule has 0 saturated carbocycles. The Hall–Kier alpha value is -9.11. The van der Waals surface area contributed by atoms with Crippen LogP contribution in [0.1, 0.15) is 59.3 Å². The molecule has 4 aromatic carbocycles. The van der Waals surface area contributed by atoms with Gasteiger partial charge < -0.3 is 99.5 Å². The number of aliphatic hydroxyl groups is 1. The van der Waals surface area contributed by atoms with Crippen LogP contribution < -0.4 is 4.74 Å². The van der Waals surface area contributed by atoms with Gasteiger partial charge in [-0.05, 0) is 42.5 Å². The molecule has 0 spiro atoms. The van der Waals surface area contributed by atoms with E-state index in [0.717, 1.165) is 0 Å². The largest absolute Gasteiger partial charge is 0.504 e. The third-order valence-electron chi connectivity index (χ3n) is 10.6.